The molecule has 0 bridgehead atoms. The molecule has 0 radical (unpaired) electrons. The van der Waals surface area contributed by atoms with Crippen LogP contribution < -0.4 is 33.6 Å². The van der Waals surface area contributed by atoms with E-state index < -0.39 is 0 Å². The molecule has 0 aliphatic carbocycles. The second-order valence-corrected chi connectivity index (χ2v) is 9.16. The van der Waals surface area contributed by atoms with Gasteiger partial charge in [0.25, 0.3) is 0 Å². The number of rotatable bonds is 9. The maximum atomic E-state index is 13.3. The number of aryl methyl sites for hydroxylation is 2. The summed E-state index contributed by atoms with van der Waals surface area (Å²) in [6.07, 6.45) is 2.07. The molecule has 0 aliphatic rings. The second-order valence-electron chi connectivity index (χ2n) is 7.92. The zero-order chi connectivity index (χ0) is 21.7. The molecule has 2 aromatic carbocycles. The Bertz CT molecular complexity index is 879. The average molecular weight is 421 g/mol. The molecule has 5 heteroatoms. The first-order valence-electron chi connectivity index (χ1n) is 10.5. The maximum Gasteiger partial charge on any atom is 1.00 e. The van der Waals surface area contributed by atoms with Crippen LogP contribution in [0.15, 0.2) is 24.3 Å². The van der Waals surface area contributed by atoms with Crippen molar-refractivity contribution in [3.05, 3.63) is 52.1 Å². The smallest absolute Gasteiger partial charge is 0.491 e. The van der Waals surface area contributed by atoms with Gasteiger partial charge in [-0.1, -0.05) is 19.9 Å². The standard InChI is InChI=1S/C25H35O3P.Li/c1-9-17(5)27-21-11-12-23(22(14-21)28-18(6)10-2)29-25(26)24-16(4)13-15(3)19(7)20(24)8;/h11-14,17-18,29H,9-10H2,1-8H3;/q;+1. The van der Waals surface area contributed by atoms with Gasteiger partial charge in [0.1, 0.15) is 11.5 Å². The van der Waals surface area contributed by atoms with Crippen molar-refractivity contribution in [1.82, 2.24) is 0 Å². The molecule has 0 saturated carbocycles. The summed E-state index contributed by atoms with van der Waals surface area (Å²) in [6, 6.07) is 7.98. The number of benzene rings is 2. The van der Waals surface area contributed by atoms with Crippen molar-refractivity contribution < 1.29 is 33.1 Å². The Morgan fingerprint density at radius 1 is 0.900 bits per heavy atom. The van der Waals surface area contributed by atoms with Crippen molar-refractivity contribution in [3.63, 3.8) is 0 Å². The van der Waals surface area contributed by atoms with Gasteiger partial charge in [-0.15, -0.1) is 0 Å². The van der Waals surface area contributed by atoms with E-state index in [-0.39, 0.29) is 45.2 Å². The molecular formula is C25H35LiO3P+. The van der Waals surface area contributed by atoms with Gasteiger partial charge in [0, 0.05) is 16.9 Å². The number of carbonyl (C=O) groups excluding carboxylic acids is 1. The molecule has 30 heavy (non-hydrogen) atoms. The summed E-state index contributed by atoms with van der Waals surface area (Å²) in [5.74, 6) is 1.54. The van der Waals surface area contributed by atoms with Gasteiger partial charge in [-0.3, -0.25) is 4.79 Å². The van der Waals surface area contributed by atoms with Crippen molar-refractivity contribution in [2.45, 2.75) is 80.4 Å². The molecule has 0 saturated heterocycles. The zero-order valence-corrected chi connectivity index (χ0v) is 21.1. The second kappa shape index (κ2) is 11.9. The normalized spacial score (nSPS) is 13.1. The van der Waals surface area contributed by atoms with Gasteiger partial charge in [0.05, 0.1) is 12.2 Å². The third kappa shape index (κ3) is 6.62. The number of hydrogen-bond acceptors (Lipinski definition) is 3. The fourth-order valence-electron chi connectivity index (χ4n) is 3.21. The molecule has 0 spiro atoms. The van der Waals surface area contributed by atoms with E-state index in [1.54, 1.807) is 0 Å². The summed E-state index contributed by atoms with van der Waals surface area (Å²) in [5.41, 5.74) is 5.56. The van der Waals surface area contributed by atoms with Crippen LogP contribution in [-0.2, 0) is 0 Å². The van der Waals surface area contributed by atoms with Crippen LogP contribution in [0.25, 0.3) is 0 Å². The Morgan fingerprint density at radius 3 is 2.10 bits per heavy atom. The van der Waals surface area contributed by atoms with Crippen LogP contribution in [0.3, 0.4) is 0 Å². The Labute approximate surface area is 196 Å². The minimum absolute atomic E-state index is 0. The Morgan fingerprint density at radius 2 is 1.50 bits per heavy atom. The summed E-state index contributed by atoms with van der Waals surface area (Å²) in [6.45, 7) is 16.6. The zero-order valence-electron chi connectivity index (χ0n) is 20.1. The summed E-state index contributed by atoms with van der Waals surface area (Å²) < 4.78 is 12.1. The van der Waals surface area contributed by atoms with Crippen molar-refractivity contribution in [3.8, 4) is 11.5 Å². The summed E-state index contributed by atoms with van der Waals surface area (Å²) in [5, 5.41) is 0.934. The van der Waals surface area contributed by atoms with E-state index in [0.29, 0.717) is 0 Å². The van der Waals surface area contributed by atoms with Crippen LogP contribution >= 0.6 is 8.58 Å². The summed E-state index contributed by atoms with van der Waals surface area (Å²) in [7, 11) is 0.0145. The van der Waals surface area contributed by atoms with Crippen LogP contribution in [0.1, 0.15) is 73.1 Å². The molecule has 3 atom stereocenters. The Hall–Kier alpha value is -1.26. The van der Waals surface area contributed by atoms with Crippen molar-refractivity contribution in [1.29, 1.82) is 0 Å². The van der Waals surface area contributed by atoms with Gasteiger partial charge >= 0.3 is 18.9 Å². The average Bonchev–Trinajstić information content (AvgIpc) is 2.67. The topological polar surface area (TPSA) is 35.5 Å². The maximum absolute atomic E-state index is 13.3. The number of ether oxygens (including phenoxy) is 2. The SMILES string of the molecule is CCC(C)Oc1ccc(PC(=O)c2c(C)cc(C)c(C)c2C)c(OC(C)CC)c1.[Li+]. The summed E-state index contributed by atoms with van der Waals surface area (Å²) in [4.78, 5) is 13.3. The van der Waals surface area contributed by atoms with E-state index in [9.17, 15) is 4.79 Å². The third-order valence-corrected chi connectivity index (χ3v) is 6.76. The molecule has 0 aromatic heterocycles. The predicted molar refractivity (Wildman–Crippen MR) is 125 cm³/mol. The van der Waals surface area contributed by atoms with Gasteiger partial charge < -0.3 is 9.47 Å². The van der Waals surface area contributed by atoms with E-state index in [4.69, 9.17) is 9.47 Å². The van der Waals surface area contributed by atoms with Gasteiger partial charge in [0.2, 0.25) is 0 Å². The van der Waals surface area contributed by atoms with Gasteiger partial charge in [-0.05, 0) is 97.4 Å². The molecule has 3 nitrogen and oxygen atoms in total. The molecular weight excluding hydrogens is 386 g/mol. The quantitative estimate of drug-likeness (QED) is 0.460. The van der Waals surface area contributed by atoms with Crippen LogP contribution in [0.2, 0.25) is 0 Å². The van der Waals surface area contributed by atoms with E-state index in [0.717, 1.165) is 46.3 Å². The van der Waals surface area contributed by atoms with Gasteiger partial charge in [-0.2, -0.15) is 0 Å². The van der Waals surface area contributed by atoms with Crippen molar-refractivity contribution >= 4 is 19.4 Å². The molecule has 3 unspecified atom stereocenters. The molecule has 0 fully saturated rings. The van der Waals surface area contributed by atoms with Crippen LogP contribution in [0.4, 0.5) is 0 Å². The predicted octanol–water partition coefficient (Wildman–Crippen LogP) is 3.42. The molecule has 158 valence electrons. The Kier molecular flexibility index (Phi) is 10.7. The molecule has 0 aliphatic heterocycles. The van der Waals surface area contributed by atoms with Crippen LogP contribution in [-0.4, -0.2) is 17.7 Å². The number of carbonyl (C=O) groups is 1. The minimum Gasteiger partial charge on any atom is -0.491 e. The van der Waals surface area contributed by atoms with Crippen LogP contribution in [0, 0.1) is 27.7 Å². The van der Waals surface area contributed by atoms with E-state index in [2.05, 4.69) is 47.6 Å². The first-order valence-corrected chi connectivity index (χ1v) is 11.5. The minimum atomic E-state index is 0. The number of hydrogen-bond donors (Lipinski definition) is 0. The van der Waals surface area contributed by atoms with Crippen LogP contribution in [0.5, 0.6) is 11.5 Å². The fraction of sp³-hybridized carbons (Fsp3) is 0.480. The van der Waals surface area contributed by atoms with E-state index in [1.165, 1.54) is 11.1 Å². The molecule has 2 aromatic rings. The van der Waals surface area contributed by atoms with Crippen molar-refractivity contribution in [2.75, 3.05) is 0 Å². The van der Waals surface area contributed by atoms with Gasteiger partial charge in [-0.25, -0.2) is 0 Å². The van der Waals surface area contributed by atoms with Gasteiger partial charge in [0.15, 0.2) is 5.52 Å². The molecule has 0 N–H and O–H groups in total. The Balaban J connectivity index is 0.00000450. The first-order chi connectivity index (χ1) is 13.7. The first kappa shape index (κ1) is 26.8. The monoisotopic (exact) mass is 421 g/mol. The summed E-state index contributed by atoms with van der Waals surface area (Å²) >= 11 is 0. The van der Waals surface area contributed by atoms with Crippen molar-refractivity contribution in [2.24, 2.45) is 0 Å². The molecule has 0 amide bonds. The van der Waals surface area contributed by atoms with E-state index in [1.807, 2.05) is 32.0 Å². The largest absolute Gasteiger partial charge is 1.00 e. The fourth-order valence-corrected chi connectivity index (χ4v) is 4.39. The molecule has 2 rings (SSSR count). The molecule has 0 heterocycles. The van der Waals surface area contributed by atoms with E-state index >= 15 is 0 Å². The third-order valence-electron chi connectivity index (χ3n) is 5.60.